The summed E-state index contributed by atoms with van der Waals surface area (Å²) in [7, 11) is 0. The monoisotopic (exact) mass is 306 g/mol. The highest BCUT2D eigenvalue weighted by Crippen LogP contribution is 2.28. The minimum atomic E-state index is 0.766. The Morgan fingerprint density at radius 1 is 0.727 bits per heavy atom. The summed E-state index contributed by atoms with van der Waals surface area (Å²) in [5.74, 6) is 0. The van der Waals surface area contributed by atoms with Crippen LogP contribution in [0, 0.1) is 0 Å². The standard InChI is InChI=1S/C18H34N4/c1-16(20-12-14-22(15-13-20)18-4-5-18)6-7-19-8-10-21(11-9-19)17-2-3-17/h16-18H,2-15H2,1H3/t16-/m0/s1. The summed E-state index contributed by atoms with van der Waals surface area (Å²) in [6.07, 6.45) is 7.20. The molecule has 2 heterocycles. The zero-order valence-electron chi connectivity index (χ0n) is 14.4. The van der Waals surface area contributed by atoms with Crippen LogP contribution in [0.4, 0.5) is 0 Å². The normalized spacial score (nSPS) is 31.5. The molecular formula is C18H34N4. The molecule has 0 bridgehead atoms. The average Bonchev–Trinajstić information content (AvgIpc) is 3.45. The molecule has 2 aliphatic carbocycles. The lowest BCUT2D eigenvalue weighted by Crippen LogP contribution is -2.51. The van der Waals surface area contributed by atoms with Crippen LogP contribution in [0.1, 0.15) is 39.0 Å². The molecule has 4 rings (SSSR count). The highest BCUT2D eigenvalue weighted by Gasteiger charge is 2.33. The third-order valence-electron chi connectivity index (χ3n) is 6.37. The van der Waals surface area contributed by atoms with Crippen LogP contribution in [0.5, 0.6) is 0 Å². The topological polar surface area (TPSA) is 13.0 Å². The molecule has 22 heavy (non-hydrogen) atoms. The van der Waals surface area contributed by atoms with Crippen LogP contribution in [0.25, 0.3) is 0 Å². The Kier molecular flexibility index (Phi) is 4.72. The minimum absolute atomic E-state index is 0.766. The average molecular weight is 306 g/mol. The van der Waals surface area contributed by atoms with Crippen LogP contribution >= 0.6 is 0 Å². The summed E-state index contributed by atoms with van der Waals surface area (Å²) in [6, 6.07) is 2.69. The van der Waals surface area contributed by atoms with E-state index in [0.29, 0.717) is 0 Å². The molecule has 0 aromatic heterocycles. The number of piperazine rings is 2. The van der Waals surface area contributed by atoms with E-state index in [9.17, 15) is 0 Å². The fourth-order valence-electron chi connectivity index (χ4n) is 4.33. The maximum Gasteiger partial charge on any atom is 0.0113 e. The highest BCUT2D eigenvalue weighted by molar-refractivity contribution is 4.89. The number of hydrogen-bond acceptors (Lipinski definition) is 4. The van der Waals surface area contributed by atoms with Crippen molar-refractivity contribution in [2.75, 3.05) is 58.9 Å². The molecule has 4 aliphatic rings. The molecule has 0 radical (unpaired) electrons. The number of nitrogens with zero attached hydrogens (tertiary/aromatic N) is 4. The van der Waals surface area contributed by atoms with Crippen LogP contribution in [-0.4, -0.2) is 96.6 Å². The fraction of sp³-hybridized carbons (Fsp3) is 1.00. The summed E-state index contributed by atoms with van der Waals surface area (Å²) >= 11 is 0. The Balaban J connectivity index is 1.13. The first-order valence-electron chi connectivity index (χ1n) is 9.74. The molecule has 0 amide bonds. The lowest BCUT2D eigenvalue weighted by atomic mass is 10.1. The van der Waals surface area contributed by atoms with Gasteiger partial charge < -0.3 is 4.90 Å². The van der Waals surface area contributed by atoms with E-state index in [1.807, 2.05) is 0 Å². The SMILES string of the molecule is C[C@@H](CCN1CCN(C2CC2)CC1)N1CCN(C2CC2)CC1. The molecule has 1 atom stereocenters. The van der Waals surface area contributed by atoms with E-state index in [0.717, 1.165) is 18.1 Å². The van der Waals surface area contributed by atoms with Gasteiger partial charge in [0, 0.05) is 70.5 Å². The smallest absolute Gasteiger partial charge is 0.0113 e. The Bertz CT molecular complexity index is 350. The number of rotatable bonds is 6. The van der Waals surface area contributed by atoms with Crippen LogP contribution in [0.3, 0.4) is 0 Å². The van der Waals surface area contributed by atoms with Gasteiger partial charge >= 0.3 is 0 Å². The van der Waals surface area contributed by atoms with E-state index in [-0.39, 0.29) is 0 Å². The Labute approximate surface area is 136 Å². The van der Waals surface area contributed by atoms with Gasteiger partial charge in [0.2, 0.25) is 0 Å². The van der Waals surface area contributed by atoms with Gasteiger partial charge in [0.1, 0.15) is 0 Å². The zero-order chi connectivity index (χ0) is 14.9. The first-order chi connectivity index (χ1) is 10.8. The van der Waals surface area contributed by atoms with Crippen molar-refractivity contribution in [3.05, 3.63) is 0 Å². The van der Waals surface area contributed by atoms with Crippen LogP contribution in [0.2, 0.25) is 0 Å². The van der Waals surface area contributed by atoms with Crippen molar-refractivity contribution in [1.82, 2.24) is 19.6 Å². The van der Waals surface area contributed by atoms with Gasteiger partial charge in [-0.15, -0.1) is 0 Å². The summed E-state index contributed by atoms with van der Waals surface area (Å²) in [4.78, 5) is 10.9. The van der Waals surface area contributed by atoms with E-state index in [4.69, 9.17) is 0 Å². The summed E-state index contributed by atoms with van der Waals surface area (Å²) in [5, 5.41) is 0. The third kappa shape index (κ3) is 3.84. The second-order valence-electron chi connectivity index (χ2n) is 8.05. The van der Waals surface area contributed by atoms with Gasteiger partial charge in [-0.1, -0.05) is 0 Å². The molecule has 0 spiro atoms. The van der Waals surface area contributed by atoms with Crippen molar-refractivity contribution in [2.45, 2.75) is 57.2 Å². The molecule has 4 nitrogen and oxygen atoms in total. The van der Waals surface area contributed by atoms with Crippen molar-refractivity contribution < 1.29 is 0 Å². The minimum Gasteiger partial charge on any atom is -0.301 e. The van der Waals surface area contributed by atoms with Crippen LogP contribution < -0.4 is 0 Å². The second-order valence-corrected chi connectivity index (χ2v) is 8.05. The quantitative estimate of drug-likeness (QED) is 0.734. The van der Waals surface area contributed by atoms with E-state index in [1.165, 1.54) is 91.0 Å². The third-order valence-corrected chi connectivity index (χ3v) is 6.37. The maximum atomic E-state index is 2.74. The molecule has 0 N–H and O–H groups in total. The zero-order valence-corrected chi connectivity index (χ0v) is 14.4. The summed E-state index contributed by atoms with van der Waals surface area (Å²) in [5.41, 5.74) is 0. The van der Waals surface area contributed by atoms with Gasteiger partial charge in [0.25, 0.3) is 0 Å². The van der Waals surface area contributed by atoms with Crippen molar-refractivity contribution >= 4 is 0 Å². The fourth-order valence-corrected chi connectivity index (χ4v) is 4.33. The Morgan fingerprint density at radius 2 is 1.23 bits per heavy atom. The Morgan fingerprint density at radius 3 is 1.73 bits per heavy atom. The van der Waals surface area contributed by atoms with E-state index < -0.39 is 0 Å². The Hall–Kier alpha value is -0.160. The van der Waals surface area contributed by atoms with E-state index in [1.54, 1.807) is 0 Å². The summed E-state index contributed by atoms with van der Waals surface area (Å²) < 4.78 is 0. The van der Waals surface area contributed by atoms with Crippen molar-refractivity contribution in [3.8, 4) is 0 Å². The molecular weight excluding hydrogens is 272 g/mol. The largest absolute Gasteiger partial charge is 0.301 e. The van der Waals surface area contributed by atoms with Crippen molar-refractivity contribution in [2.24, 2.45) is 0 Å². The van der Waals surface area contributed by atoms with E-state index in [2.05, 4.69) is 26.5 Å². The van der Waals surface area contributed by atoms with Gasteiger partial charge in [-0.2, -0.15) is 0 Å². The van der Waals surface area contributed by atoms with Gasteiger partial charge in [0.15, 0.2) is 0 Å². The predicted octanol–water partition coefficient (Wildman–Crippen LogP) is 1.33. The molecule has 0 unspecified atom stereocenters. The lowest BCUT2D eigenvalue weighted by molar-refractivity contribution is 0.0793. The molecule has 2 saturated carbocycles. The molecule has 4 heteroatoms. The lowest BCUT2D eigenvalue weighted by Gasteiger charge is -2.39. The van der Waals surface area contributed by atoms with Gasteiger partial charge in [0.05, 0.1) is 0 Å². The van der Waals surface area contributed by atoms with Crippen LogP contribution in [-0.2, 0) is 0 Å². The summed E-state index contributed by atoms with van der Waals surface area (Å²) in [6.45, 7) is 14.2. The van der Waals surface area contributed by atoms with Gasteiger partial charge in [-0.25, -0.2) is 0 Å². The van der Waals surface area contributed by atoms with Crippen molar-refractivity contribution in [1.29, 1.82) is 0 Å². The first-order valence-corrected chi connectivity index (χ1v) is 9.74. The molecule has 0 aromatic rings. The van der Waals surface area contributed by atoms with Gasteiger partial charge in [-0.3, -0.25) is 14.7 Å². The molecule has 4 fully saturated rings. The van der Waals surface area contributed by atoms with E-state index >= 15 is 0 Å². The second kappa shape index (κ2) is 6.76. The first kappa shape index (κ1) is 15.4. The predicted molar refractivity (Wildman–Crippen MR) is 91.3 cm³/mol. The van der Waals surface area contributed by atoms with Crippen molar-refractivity contribution in [3.63, 3.8) is 0 Å². The number of hydrogen-bond donors (Lipinski definition) is 0. The molecule has 2 aliphatic heterocycles. The van der Waals surface area contributed by atoms with Crippen LogP contribution in [0.15, 0.2) is 0 Å². The maximum absolute atomic E-state index is 2.74. The highest BCUT2D eigenvalue weighted by atomic mass is 15.3. The molecule has 126 valence electrons. The molecule has 0 aromatic carbocycles. The molecule has 2 saturated heterocycles. The van der Waals surface area contributed by atoms with Gasteiger partial charge in [-0.05, 0) is 45.6 Å².